The van der Waals surface area contributed by atoms with Gasteiger partial charge in [0, 0.05) is 17.1 Å². The first-order valence-electron chi connectivity index (χ1n) is 6.11. The van der Waals surface area contributed by atoms with E-state index in [0.717, 1.165) is 16.5 Å². The molecule has 0 spiro atoms. The molecule has 0 amide bonds. The van der Waals surface area contributed by atoms with Crippen LogP contribution in [0.5, 0.6) is 0 Å². The summed E-state index contributed by atoms with van der Waals surface area (Å²) >= 11 is 3.33. The quantitative estimate of drug-likeness (QED) is 0.834. The molecule has 1 N–H and O–H groups in total. The van der Waals surface area contributed by atoms with Gasteiger partial charge in [0.2, 0.25) is 0 Å². The zero-order valence-corrected chi connectivity index (χ0v) is 13.2. The number of halogens is 1. The van der Waals surface area contributed by atoms with E-state index >= 15 is 0 Å². The van der Waals surface area contributed by atoms with Crippen LogP contribution in [0.3, 0.4) is 0 Å². The summed E-state index contributed by atoms with van der Waals surface area (Å²) in [5.41, 5.74) is 0.835. The summed E-state index contributed by atoms with van der Waals surface area (Å²) in [5.74, 6) is 0.301. The number of nitrogens with one attached hydrogen (secondary N) is 1. The van der Waals surface area contributed by atoms with Crippen LogP contribution in [0.15, 0.2) is 28.7 Å². The van der Waals surface area contributed by atoms with Crippen LogP contribution in [0.25, 0.3) is 0 Å². The van der Waals surface area contributed by atoms with Crippen LogP contribution in [0, 0.1) is 0 Å². The molecule has 1 rings (SSSR count). The summed E-state index contributed by atoms with van der Waals surface area (Å²) in [4.78, 5) is 0. The first-order chi connectivity index (χ1) is 8.43. The predicted octanol–water partition coefficient (Wildman–Crippen LogP) is 2.75. The van der Waals surface area contributed by atoms with E-state index < -0.39 is 9.84 Å². The normalized spacial score (nSPS) is 13.5. The fourth-order valence-corrected chi connectivity index (χ4v) is 3.05. The topological polar surface area (TPSA) is 46.2 Å². The third-order valence-electron chi connectivity index (χ3n) is 2.82. The van der Waals surface area contributed by atoms with Crippen LogP contribution >= 0.6 is 15.9 Å². The van der Waals surface area contributed by atoms with Crippen molar-refractivity contribution in [2.75, 3.05) is 12.3 Å². The fourth-order valence-electron chi connectivity index (χ4n) is 1.51. The molecule has 0 fully saturated rings. The van der Waals surface area contributed by atoms with Crippen LogP contribution in [0.1, 0.15) is 25.8 Å². The molecule has 3 nitrogen and oxygen atoms in total. The Morgan fingerprint density at radius 3 is 2.44 bits per heavy atom. The smallest absolute Gasteiger partial charge is 0.155 e. The van der Waals surface area contributed by atoms with Crippen molar-refractivity contribution >= 4 is 25.8 Å². The van der Waals surface area contributed by atoms with Crippen LogP contribution in [-0.2, 0) is 15.6 Å². The van der Waals surface area contributed by atoms with Gasteiger partial charge in [-0.15, -0.1) is 0 Å². The molecule has 18 heavy (non-hydrogen) atoms. The fraction of sp³-hybridized carbons (Fsp3) is 0.538. The Labute approximate surface area is 118 Å². The van der Waals surface area contributed by atoms with Crippen LogP contribution in [-0.4, -0.2) is 26.8 Å². The van der Waals surface area contributed by atoms with E-state index in [2.05, 4.69) is 35.1 Å². The van der Waals surface area contributed by atoms with Gasteiger partial charge < -0.3 is 5.32 Å². The number of rotatable bonds is 7. The molecule has 1 aromatic carbocycles. The second-order valence-electron chi connectivity index (χ2n) is 4.48. The Kier molecular flexibility index (Phi) is 6.32. The van der Waals surface area contributed by atoms with Gasteiger partial charge in [-0.2, -0.15) is 0 Å². The molecule has 0 aliphatic heterocycles. The standard InChI is InChI=1S/C13H20BrNO2S/c1-3-11(2)15-8-9-18(16,17)10-12-4-6-13(14)7-5-12/h4-7,11,15H,3,8-10H2,1-2H3. The van der Waals surface area contributed by atoms with E-state index in [4.69, 9.17) is 0 Å². The Morgan fingerprint density at radius 1 is 1.28 bits per heavy atom. The summed E-state index contributed by atoms with van der Waals surface area (Å²) in [6, 6.07) is 7.77. The Hall–Kier alpha value is -0.390. The monoisotopic (exact) mass is 333 g/mol. The molecular weight excluding hydrogens is 314 g/mol. The molecule has 0 aliphatic rings. The maximum atomic E-state index is 11.9. The summed E-state index contributed by atoms with van der Waals surface area (Å²) in [6.07, 6.45) is 1.01. The first-order valence-corrected chi connectivity index (χ1v) is 8.72. The molecule has 0 aromatic heterocycles. The maximum Gasteiger partial charge on any atom is 0.155 e. The highest BCUT2D eigenvalue weighted by atomic mass is 79.9. The van der Waals surface area contributed by atoms with Gasteiger partial charge in [-0.05, 0) is 31.0 Å². The van der Waals surface area contributed by atoms with Gasteiger partial charge in [0.25, 0.3) is 0 Å². The second-order valence-corrected chi connectivity index (χ2v) is 7.58. The van der Waals surface area contributed by atoms with Gasteiger partial charge in [0.05, 0.1) is 11.5 Å². The Morgan fingerprint density at radius 2 is 1.89 bits per heavy atom. The van der Waals surface area contributed by atoms with Gasteiger partial charge in [-0.1, -0.05) is 35.0 Å². The van der Waals surface area contributed by atoms with E-state index in [1.807, 2.05) is 24.3 Å². The second kappa shape index (κ2) is 7.26. The van der Waals surface area contributed by atoms with Crippen molar-refractivity contribution in [3.05, 3.63) is 34.3 Å². The molecule has 5 heteroatoms. The van der Waals surface area contributed by atoms with Crippen LogP contribution in [0.2, 0.25) is 0 Å². The number of sulfone groups is 1. The molecule has 1 aromatic rings. The third kappa shape index (κ3) is 5.98. The minimum absolute atomic E-state index is 0.114. The highest BCUT2D eigenvalue weighted by molar-refractivity contribution is 9.10. The first kappa shape index (κ1) is 15.7. The van der Waals surface area contributed by atoms with Crippen molar-refractivity contribution in [1.82, 2.24) is 5.32 Å². The lowest BCUT2D eigenvalue weighted by Crippen LogP contribution is -2.30. The minimum Gasteiger partial charge on any atom is -0.313 e. The summed E-state index contributed by atoms with van der Waals surface area (Å²) < 4.78 is 24.8. The zero-order chi connectivity index (χ0) is 13.6. The van der Waals surface area contributed by atoms with Gasteiger partial charge in [0.1, 0.15) is 0 Å². The summed E-state index contributed by atoms with van der Waals surface area (Å²) in [6.45, 7) is 4.66. The number of benzene rings is 1. The van der Waals surface area contributed by atoms with Crippen molar-refractivity contribution in [1.29, 1.82) is 0 Å². The largest absolute Gasteiger partial charge is 0.313 e. The van der Waals surface area contributed by atoms with Gasteiger partial charge >= 0.3 is 0 Å². The molecule has 0 saturated heterocycles. The molecule has 1 unspecified atom stereocenters. The van der Waals surface area contributed by atoms with Crippen LogP contribution < -0.4 is 5.32 Å². The lowest BCUT2D eigenvalue weighted by molar-refractivity contribution is 0.544. The van der Waals surface area contributed by atoms with Crippen molar-refractivity contribution in [3.63, 3.8) is 0 Å². The van der Waals surface area contributed by atoms with E-state index in [0.29, 0.717) is 12.6 Å². The molecule has 1 atom stereocenters. The molecule has 0 heterocycles. The van der Waals surface area contributed by atoms with Crippen molar-refractivity contribution in [2.45, 2.75) is 32.1 Å². The lowest BCUT2D eigenvalue weighted by Gasteiger charge is -2.11. The van der Waals surface area contributed by atoms with Gasteiger partial charge in [-0.3, -0.25) is 0 Å². The minimum atomic E-state index is -3.03. The predicted molar refractivity (Wildman–Crippen MR) is 79.4 cm³/mol. The lowest BCUT2D eigenvalue weighted by atomic mass is 10.2. The maximum absolute atomic E-state index is 11.9. The highest BCUT2D eigenvalue weighted by Crippen LogP contribution is 2.13. The van der Waals surface area contributed by atoms with Crippen molar-refractivity contribution in [2.24, 2.45) is 0 Å². The summed E-state index contributed by atoms with van der Waals surface area (Å²) in [7, 11) is -3.03. The van der Waals surface area contributed by atoms with E-state index in [9.17, 15) is 8.42 Å². The average molecular weight is 334 g/mol. The Bertz CT molecular complexity index is 456. The van der Waals surface area contributed by atoms with Gasteiger partial charge in [0.15, 0.2) is 9.84 Å². The van der Waals surface area contributed by atoms with Crippen molar-refractivity contribution in [3.8, 4) is 0 Å². The number of hydrogen-bond donors (Lipinski definition) is 1. The third-order valence-corrected chi connectivity index (χ3v) is 4.95. The highest BCUT2D eigenvalue weighted by Gasteiger charge is 2.12. The van der Waals surface area contributed by atoms with Crippen molar-refractivity contribution < 1.29 is 8.42 Å². The molecule has 0 aliphatic carbocycles. The summed E-state index contributed by atoms with van der Waals surface area (Å²) in [5, 5.41) is 3.20. The molecule has 102 valence electrons. The average Bonchev–Trinajstić information content (AvgIpc) is 2.31. The van der Waals surface area contributed by atoms with Gasteiger partial charge in [-0.25, -0.2) is 8.42 Å². The Balaban J connectivity index is 2.47. The van der Waals surface area contributed by atoms with Crippen LogP contribution in [0.4, 0.5) is 0 Å². The molecule has 0 saturated carbocycles. The van der Waals surface area contributed by atoms with E-state index in [1.165, 1.54) is 0 Å². The van der Waals surface area contributed by atoms with E-state index in [1.54, 1.807) is 0 Å². The molecular formula is C13H20BrNO2S. The zero-order valence-electron chi connectivity index (χ0n) is 10.8. The molecule has 0 radical (unpaired) electrons. The SMILES string of the molecule is CCC(C)NCCS(=O)(=O)Cc1ccc(Br)cc1. The number of hydrogen-bond acceptors (Lipinski definition) is 3. The molecule has 0 bridgehead atoms. The van der Waals surface area contributed by atoms with E-state index in [-0.39, 0.29) is 11.5 Å².